The number of methoxy groups -OCH3 is 1. The van der Waals surface area contributed by atoms with Crippen LogP contribution in [0.3, 0.4) is 0 Å². The lowest BCUT2D eigenvalue weighted by Crippen LogP contribution is -2.27. The molecule has 0 saturated heterocycles. The highest BCUT2D eigenvalue weighted by Crippen LogP contribution is 2.32. The van der Waals surface area contributed by atoms with Crippen molar-refractivity contribution in [3.8, 4) is 0 Å². The number of hydrogen-bond acceptors (Lipinski definition) is 5. The van der Waals surface area contributed by atoms with Gasteiger partial charge < -0.3 is 19.9 Å². The summed E-state index contributed by atoms with van der Waals surface area (Å²) in [6, 6.07) is -0.0135. The molecular weight excluding hydrogens is 222 g/mol. The van der Waals surface area contributed by atoms with Crippen LogP contribution in [0.4, 0.5) is 0 Å². The van der Waals surface area contributed by atoms with Gasteiger partial charge in [-0.2, -0.15) is 0 Å². The molecule has 2 N–H and O–H groups in total. The van der Waals surface area contributed by atoms with E-state index in [4.69, 9.17) is 19.9 Å². The van der Waals surface area contributed by atoms with E-state index in [1.165, 1.54) is 0 Å². The van der Waals surface area contributed by atoms with Crippen molar-refractivity contribution in [2.24, 2.45) is 11.7 Å². The number of rotatable bonds is 10. The zero-order valence-electron chi connectivity index (χ0n) is 10.5. The SMILES string of the molecule is COCCOCCCOC(=O)CC(N)C1CC1. The van der Waals surface area contributed by atoms with Gasteiger partial charge in [0.05, 0.1) is 26.2 Å². The Balaban J connectivity index is 1.86. The largest absolute Gasteiger partial charge is 0.466 e. The van der Waals surface area contributed by atoms with E-state index in [2.05, 4.69) is 0 Å². The lowest BCUT2D eigenvalue weighted by Gasteiger charge is -2.10. The summed E-state index contributed by atoms with van der Waals surface area (Å²) in [5.74, 6) is 0.348. The molecule has 5 nitrogen and oxygen atoms in total. The van der Waals surface area contributed by atoms with Crippen LogP contribution in [-0.4, -0.2) is 45.5 Å². The lowest BCUT2D eigenvalue weighted by molar-refractivity contribution is -0.144. The van der Waals surface area contributed by atoms with Crippen LogP contribution in [0.5, 0.6) is 0 Å². The minimum absolute atomic E-state index is 0.0135. The van der Waals surface area contributed by atoms with Crippen molar-refractivity contribution >= 4 is 5.97 Å². The van der Waals surface area contributed by atoms with Crippen molar-refractivity contribution in [1.29, 1.82) is 0 Å². The van der Waals surface area contributed by atoms with Crippen LogP contribution in [-0.2, 0) is 19.0 Å². The number of ether oxygens (including phenoxy) is 3. The van der Waals surface area contributed by atoms with Gasteiger partial charge >= 0.3 is 5.97 Å². The van der Waals surface area contributed by atoms with E-state index >= 15 is 0 Å². The maximum absolute atomic E-state index is 11.4. The second-order valence-electron chi connectivity index (χ2n) is 4.38. The zero-order chi connectivity index (χ0) is 12.5. The van der Waals surface area contributed by atoms with Gasteiger partial charge in [-0.1, -0.05) is 0 Å². The summed E-state index contributed by atoms with van der Waals surface area (Å²) in [5.41, 5.74) is 5.83. The molecule has 1 unspecified atom stereocenters. The number of carbonyl (C=O) groups excluding carboxylic acids is 1. The van der Waals surface area contributed by atoms with Crippen molar-refractivity contribution in [3.63, 3.8) is 0 Å². The van der Waals surface area contributed by atoms with Crippen molar-refractivity contribution in [2.45, 2.75) is 31.7 Å². The van der Waals surface area contributed by atoms with E-state index in [1.54, 1.807) is 7.11 Å². The minimum Gasteiger partial charge on any atom is -0.466 e. The zero-order valence-corrected chi connectivity index (χ0v) is 10.5. The second kappa shape index (κ2) is 8.44. The van der Waals surface area contributed by atoms with Crippen LogP contribution >= 0.6 is 0 Å². The Morgan fingerprint density at radius 3 is 2.71 bits per heavy atom. The highest BCUT2D eigenvalue weighted by molar-refractivity contribution is 5.70. The summed E-state index contributed by atoms with van der Waals surface area (Å²) in [6.07, 6.45) is 3.37. The molecule has 1 rings (SSSR count). The highest BCUT2D eigenvalue weighted by atomic mass is 16.5. The smallest absolute Gasteiger partial charge is 0.307 e. The monoisotopic (exact) mass is 245 g/mol. The van der Waals surface area contributed by atoms with E-state index in [-0.39, 0.29) is 12.0 Å². The minimum atomic E-state index is -0.193. The van der Waals surface area contributed by atoms with E-state index in [9.17, 15) is 4.79 Å². The molecule has 0 radical (unpaired) electrons. The van der Waals surface area contributed by atoms with Crippen LogP contribution in [0, 0.1) is 5.92 Å². The molecule has 1 aliphatic carbocycles. The standard InChI is InChI=1S/C12H23NO4/c1-15-7-8-16-5-2-6-17-12(14)9-11(13)10-3-4-10/h10-11H,2-9,13H2,1H3. The van der Waals surface area contributed by atoms with Gasteiger partial charge in [-0.05, 0) is 18.8 Å². The average molecular weight is 245 g/mol. The molecule has 1 fully saturated rings. The molecule has 0 aliphatic heterocycles. The Hall–Kier alpha value is -0.650. The second-order valence-corrected chi connectivity index (χ2v) is 4.38. The van der Waals surface area contributed by atoms with Crippen molar-refractivity contribution in [1.82, 2.24) is 0 Å². The van der Waals surface area contributed by atoms with Crippen LogP contribution in [0.15, 0.2) is 0 Å². The van der Waals surface area contributed by atoms with E-state index in [1.807, 2.05) is 0 Å². The third-order valence-electron chi connectivity index (χ3n) is 2.76. The Morgan fingerprint density at radius 2 is 2.06 bits per heavy atom. The van der Waals surface area contributed by atoms with Crippen LogP contribution < -0.4 is 5.73 Å². The quantitative estimate of drug-likeness (QED) is 0.453. The average Bonchev–Trinajstić information content (AvgIpc) is 3.11. The molecule has 0 aromatic rings. The van der Waals surface area contributed by atoms with E-state index < -0.39 is 0 Å². The molecule has 1 aliphatic rings. The molecule has 100 valence electrons. The molecule has 0 bridgehead atoms. The molecule has 1 atom stereocenters. The Bertz CT molecular complexity index is 219. The Morgan fingerprint density at radius 1 is 1.29 bits per heavy atom. The number of nitrogens with two attached hydrogens (primary N) is 1. The predicted molar refractivity (Wildman–Crippen MR) is 63.6 cm³/mol. The van der Waals surface area contributed by atoms with Crippen LogP contribution in [0.2, 0.25) is 0 Å². The highest BCUT2D eigenvalue weighted by Gasteiger charge is 2.30. The first kappa shape index (κ1) is 14.4. The van der Waals surface area contributed by atoms with Crippen LogP contribution in [0.25, 0.3) is 0 Å². The van der Waals surface area contributed by atoms with Crippen LogP contribution in [0.1, 0.15) is 25.7 Å². The van der Waals surface area contributed by atoms with Gasteiger partial charge in [-0.15, -0.1) is 0 Å². The fourth-order valence-corrected chi connectivity index (χ4v) is 1.53. The van der Waals surface area contributed by atoms with E-state index in [0.29, 0.717) is 45.2 Å². The first-order chi connectivity index (χ1) is 8.24. The summed E-state index contributed by atoms with van der Waals surface area (Å²) >= 11 is 0. The number of esters is 1. The summed E-state index contributed by atoms with van der Waals surface area (Å²) < 4.78 is 15.1. The summed E-state index contributed by atoms with van der Waals surface area (Å²) in [7, 11) is 1.63. The fourth-order valence-electron chi connectivity index (χ4n) is 1.53. The van der Waals surface area contributed by atoms with Gasteiger partial charge in [0.2, 0.25) is 0 Å². The molecule has 1 saturated carbocycles. The Labute approximate surface area is 103 Å². The molecule has 0 aromatic carbocycles. The maximum Gasteiger partial charge on any atom is 0.307 e. The topological polar surface area (TPSA) is 70.8 Å². The number of hydrogen-bond donors (Lipinski definition) is 1. The third-order valence-corrected chi connectivity index (χ3v) is 2.76. The Kier molecular flexibility index (Phi) is 7.16. The van der Waals surface area contributed by atoms with Gasteiger partial charge in [0.15, 0.2) is 0 Å². The van der Waals surface area contributed by atoms with Gasteiger partial charge in [-0.25, -0.2) is 0 Å². The molecule has 5 heteroatoms. The normalized spacial score (nSPS) is 16.8. The van der Waals surface area contributed by atoms with Gasteiger partial charge in [0.25, 0.3) is 0 Å². The van der Waals surface area contributed by atoms with Gasteiger partial charge in [-0.3, -0.25) is 4.79 Å². The molecule has 17 heavy (non-hydrogen) atoms. The van der Waals surface area contributed by atoms with Crippen molar-refractivity contribution in [2.75, 3.05) is 33.5 Å². The summed E-state index contributed by atoms with van der Waals surface area (Å²) in [5, 5.41) is 0. The fraction of sp³-hybridized carbons (Fsp3) is 0.917. The summed E-state index contributed by atoms with van der Waals surface area (Å²) in [4.78, 5) is 11.4. The van der Waals surface area contributed by atoms with Gasteiger partial charge in [0.1, 0.15) is 0 Å². The van der Waals surface area contributed by atoms with E-state index in [0.717, 1.165) is 12.8 Å². The predicted octanol–water partition coefficient (Wildman–Crippen LogP) is 0.710. The molecule has 0 heterocycles. The number of carbonyl (C=O) groups is 1. The van der Waals surface area contributed by atoms with Crippen molar-refractivity contribution < 1.29 is 19.0 Å². The summed E-state index contributed by atoms with van der Waals surface area (Å²) in [6.45, 7) is 2.17. The first-order valence-corrected chi connectivity index (χ1v) is 6.22. The molecular formula is C12H23NO4. The molecule has 0 aromatic heterocycles. The lowest BCUT2D eigenvalue weighted by atomic mass is 10.1. The first-order valence-electron chi connectivity index (χ1n) is 6.22. The molecule has 0 amide bonds. The third kappa shape index (κ3) is 7.31. The molecule has 0 spiro atoms. The van der Waals surface area contributed by atoms with Crippen molar-refractivity contribution in [3.05, 3.63) is 0 Å². The maximum atomic E-state index is 11.4. The van der Waals surface area contributed by atoms with Gasteiger partial charge in [0, 0.05) is 26.2 Å².